The maximum atomic E-state index is 5.87. The Balaban J connectivity index is 2.02. The van der Waals surface area contributed by atoms with Gasteiger partial charge in [0.25, 0.3) is 0 Å². The molecule has 0 atom stereocenters. The van der Waals surface area contributed by atoms with Crippen molar-refractivity contribution in [3.05, 3.63) is 5.28 Å². The van der Waals surface area contributed by atoms with Crippen LogP contribution in [0.5, 0.6) is 6.01 Å². The molecule has 0 unspecified atom stereocenters. The highest BCUT2D eigenvalue weighted by molar-refractivity contribution is 6.28. The minimum atomic E-state index is 0.165. The fourth-order valence-corrected chi connectivity index (χ4v) is 2.80. The van der Waals surface area contributed by atoms with Crippen molar-refractivity contribution in [1.29, 1.82) is 0 Å². The Morgan fingerprint density at radius 3 is 2.58 bits per heavy atom. The van der Waals surface area contributed by atoms with E-state index in [1.807, 2.05) is 6.92 Å². The van der Waals surface area contributed by atoms with Crippen LogP contribution in [0, 0.1) is 5.41 Å². The van der Waals surface area contributed by atoms with Gasteiger partial charge >= 0.3 is 6.01 Å². The van der Waals surface area contributed by atoms with Crippen molar-refractivity contribution in [2.45, 2.75) is 46.0 Å². The van der Waals surface area contributed by atoms with E-state index >= 15 is 0 Å². The van der Waals surface area contributed by atoms with Crippen LogP contribution in [0.15, 0.2) is 0 Å². The van der Waals surface area contributed by atoms with E-state index < -0.39 is 0 Å². The highest BCUT2D eigenvalue weighted by Crippen LogP contribution is 2.40. The lowest BCUT2D eigenvalue weighted by molar-refractivity contribution is 0.303. The summed E-state index contributed by atoms with van der Waals surface area (Å²) in [5.74, 6) is 0.503. The molecule has 1 aliphatic rings. The molecule has 106 valence electrons. The zero-order chi connectivity index (χ0) is 13.7. The highest BCUT2D eigenvalue weighted by Gasteiger charge is 2.31. The largest absolute Gasteiger partial charge is 0.464 e. The Morgan fingerprint density at radius 1 is 1.21 bits per heavy atom. The summed E-state index contributed by atoms with van der Waals surface area (Å²) in [6, 6.07) is 0.280. The average molecular weight is 285 g/mol. The molecule has 0 aliphatic heterocycles. The van der Waals surface area contributed by atoms with E-state index in [4.69, 9.17) is 16.3 Å². The molecule has 0 amide bonds. The van der Waals surface area contributed by atoms with E-state index in [0.29, 0.717) is 18.0 Å². The van der Waals surface area contributed by atoms with Crippen LogP contribution >= 0.6 is 11.6 Å². The lowest BCUT2D eigenvalue weighted by Crippen LogP contribution is -2.26. The predicted molar refractivity (Wildman–Crippen MR) is 75.7 cm³/mol. The molecule has 1 aromatic rings. The van der Waals surface area contributed by atoms with Gasteiger partial charge in [0.2, 0.25) is 11.2 Å². The highest BCUT2D eigenvalue weighted by atomic mass is 35.5. The quantitative estimate of drug-likeness (QED) is 0.868. The van der Waals surface area contributed by atoms with Crippen molar-refractivity contribution in [1.82, 2.24) is 15.0 Å². The van der Waals surface area contributed by atoms with Gasteiger partial charge in [0.05, 0.1) is 6.61 Å². The number of hydrogen-bond acceptors (Lipinski definition) is 5. The third-order valence-electron chi connectivity index (χ3n) is 3.90. The van der Waals surface area contributed by atoms with Gasteiger partial charge in [-0.05, 0) is 43.2 Å². The number of nitrogens with zero attached hydrogens (tertiary/aromatic N) is 3. The Kier molecular flexibility index (Phi) is 4.80. The zero-order valence-corrected chi connectivity index (χ0v) is 12.3. The molecule has 0 aromatic carbocycles. The van der Waals surface area contributed by atoms with Crippen LogP contribution in [0.25, 0.3) is 0 Å². The van der Waals surface area contributed by atoms with E-state index in [0.717, 1.165) is 6.54 Å². The summed E-state index contributed by atoms with van der Waals surface area (Å²) in [6.07, 6.45) is 6.35. The Morgan fingerprint density at radius 2 is 1.95 bits per heavy atom. The lowest BCUT2D eigenvalue weighted by Gasteiger charge is -2.27. The maximum absolute atomic E-state index is 5.87. The molecule has 1 fully saturated rings. The predicted octanol–water partition coefficient (Wildman–Crippen LogP) is 3.31. The number of ether oxygens (including phenoxy) is 1. The van der Waals surface area contributed by atoms with Crippen LogP contribution in [-0.2, 0) is 0 Å². The van der Waals surface area contributed by atoms with Crippen LogP contribution < -0.4 is 10.1 Å². The molecule has 2 rings (SSSR count). The fraction of sp³-hybridized carbons (Fsp3) is 0.769. The molecule has 6 heteroatoms. The molecular weight excluding hydrogens is 264 g/mol. The average Bonchev–Trinajstić information content (AvgIpc) is 2.86. The SMILES string of the molecule is CCOc1nc(Cl)nc(NCC2(CC)CCCC2)n1. The number of halogens is 1. The second-order valence-corrected chi connectivity index (χ2v) is 5.40. The van der Waals surface area contributed by atoms with Crippen LogP contribution in [0.4, 0.5) is 5.95 Å². The van der Waals surface area contributed by atoms with Crippen molar-refractivity contribution in [3.63, 3.8) is 0 Å². The summed E-state index contributed by atoms with van der Waals surface area (Å²) >= 11 is 5.87. The summed E-state index contributed by atoms with van der Waals surface area (Å²) in [5, 5.41) is 3.46. The first-order valence-electron chi connectivity index (χ1n) is 6.96. The molecule has 1 aliphatic carbocycles. The molecule has 1 N–H and O–H groups in total. The van der Waals surface area contributed by atoms with Crippen molar-refractivity contribution < 1.29 is 4.74 Å². The minimum Gasteiger partial charge on any atom is -0.464 e. The van der Waals surface area contributed by atoms with Gasteiger partial charge in [0.15, 0.2) is 0 Å². The molecule has 19 heavy (non-hydrogen) atoms. The number of rotatable bonds is 6. The van der Waals surface area contributed by atoms with Crippen molar-refractivity contribution in [2.24, 2.45) is 5.41 Å². The van der Waals surface area contributed by atoms with Gasteiger partial charge in [-0.1, -0.05) is 19.8 Å². The van der Waals surface area contributed by atoms with Crippen LogP contribution in [0.1, 0.15) is 46.0 Å². The van der Waals surface area contributed by atoms with Gasteiger partial charge in [0, 0.05) is 6.54 Å². The van der Waals surface area contributed by atoms with E-state index in [1.165, 1.54) is 32.1 Å². The standard InChI is InChI=1S/C13H21ClN4O/c1-3-13(7-5-6-8-13)9-15-11-16-10(14)17-12(18-11)19-4-2/h3-9H2,1-2H3,(H,15,16,17,18). The second kappa shape index (κ2) is 6.37. The fourth-order valence-electron chi connectivity index (χ4n) is 2.65. The number of anilines is 1. The van der Waals surface area contributed by atoms with Crippen molar-refractivity contribution in [2.75, 3.05) is 18.5 Å². The van der Waals surface area contributed by atoms with Gasteiger partial charge in [0.1, 0.15) is 0 Å². The van der Waals surface area contributed by atoms with E-state index in [-0.39, 0.29) is 11.3 Å². The normalized spacial score (nSPS) is 17.4. The topological polar surface area (TPSA) is 59.9 Å². The summed E-state index contributed by atoms with van der Waals surface area (Å²) in [6.45, 7) is 5.53. The summed E-state index contributed by atoms with van der Waals surface area (Å²) in [4.78, 5) is 12.2. The first-order chi connectivity index (χ1) is 9.17. The lowest BCUT2D eigenvalue weighted by atomic mass is 9.83. The van der Waals surface area contributed by atoms with Crippen molar-refractivity contribution >= 4 is 17.5 Å². The third kappa shape index (κ3) is 3.69. The molecular formula is C13H21ClN4O. The molecule has 5 nitrogen and oxygen atoms in total. The molecule has 1 saturated carbocycles. The monoisotopic (exact) mass is 284 g/mol. The van der Waals surface area contributed by atoms with Gasteiger partial charge in [-0.3, -0.25) is 0 Å². The molecule has 0 saturated heterocycles. The zero-order valence-electron chi connectivity index (χ0n) is 11.6. The van der Waals surface area contributed by atoms with E-state index in [9.17, 15) is 0 Å². The maximum Gasteiger partial charge on any atom is 0.322 e. The first-order valence-corrected chi connectivity index (χ1v) is 7.33. The Hall–Kier alpha value is -1.10. The van der Waals surface area contributed by atoms with Crippen LogP contribution in [-0.4, -0.2) is 28.1 Å². The molecule has 1 heterocycles. The minimum absolute atomic E-state index is 0.165. The number of hydrogen-bond donors (Lipinski definition) is 1. The molecule has 0 spiro atoms. The number of nitrogens with one attached hydrogen (secondary N) is 1. The smallest absolute Gasteiger partial charge is 0.322 e. The molecule has 1 aromatic heterocycles. The number of aromatic nitrogens is 3. The third-order valence-corrected chi connectivity index (χ3v) is 4.07. The van der Waals surface area contributed by atoms with Gasteiger partial charge in [-0.15, -0.1) is 0 Å². The van der Waals surface area contributed by atoms with E-state index in [1.54, 1.807) is 0 Å². The van der Waals surface area contributed by atoms with Crippen molar-refractivity contribution in [3.8, 4) is 6.01 Å². The summed E-state index contributed by atoms with van der Waals surface area (Å²) < 4.78 is 5.26. The Bertz CT molecular complexity index is 421. The Labute approximate surface area is 119 Å². The molecule has 0 bridgehead atoms. The summed E-state index contributed by atoms with van der Waals surface area (Å²) in [7, 11) is 0. The van der Waals surface area contributed by atoms with Gasteiger partial charge in [-0.2, -0.15) is 15.0 Å². The van der Waals surface area contributed by atoms with Crippen LogP contribution in [0.3, 0.4) is 0 Å². The van der Waals surface area contributed by atoms with Crippen LogP contribution in [0.2, 0.25) is 5.28 Å². The molecule has 0 radical (unpaired) electrons. The first kappa shape index (κ1) is 14.3. The summed E-state index contributed by atoms with van der Waals surface area (Å²) in [5.41, 5.74) is 0.380. The van der Waals surface area contributed by atoms with Gasteiger partial charge in [-0.25, -0.2) is 0 Å². The van der Waals surface area contributed by atoms with Gasteiger partial charge < -0.3 is 10.1 Å². The second-order valence-electron chi connectivity index (χ2n) is 5.06. The van der Waals surface area contributed by atoms with E-state index in [2.05, 4.69) is 27.2 Å².